The van der Waals surface area contributed by atoms with Gasteiger partial charge in [0.25, 0.3) is 5.19 Å². The minimum Gasteiger partial charge on any atom is -0.431 e. The lowest BCUT2D eigenvalue weighted by Gasteiger charge is -2.00. The molecule has 0 N–H and O–H groups in total. The number of rotatable bonds is 3. The summed E-state index contributed by atoms with van der Waals surface area (Å²) in [7, 11) is 0. The summed E-state index contributed by atoms with van der Waals surface area (Å²) < 4.78 is 6.82. The number of halogens is 1. The van der Waals surface area contributed by atoms with Crippen molar-refractivity contribution in [2.24, 2.45) is 0 Å². The Kier molecular flexibility index (Phi) is 3.58. The predicted octanol–water partition coefficient (Wildman–Crippen LogP) is 4.10. The number of aromatic nitrogens is 1. The molecule has 0 amide bonds. The zero-order chi connectivity index (χ0) is 10.7. The third-order valence-corrected chi connectivity index (χ3v) is 3.40. The van der Waals surface area contributed by atoms with E-state index < -0.39 is 0 Å². The molecule has 15 heavy (non-hydrogen) atoms. The summed E-state index contributed by atoms with van der Waals surface area (Å²) in [4.78, 5) is 4.34. The molecule has 4 heteroatoms. The number of ether oxygens (including phenoxy) is 1. The highest BCUT2D eigenvalue weighted by Gasteiger charge is 2.02. The molecule has 0 fully saturated rings. The van der Waals surface area contributed by atoms with E-state index in [2.05, 4.69) is 34.5 Å². The second-order valence-electron chi connectivity index (χ2n) is 3.01. The van der Waals surface area contributed by atoms with Crippen LogP contribution in [0.3, 0.4) is 0 Å². The van der Waals surface area contributed by atoms with Crippen LogP contribution in [0.2, 0.25) is 0 Å². The first kappa shape index (κ1) is 10.9. The van der Waals surface area contributed by atoms with Crippen molar-refractivity contribution in [1.82, 2.24) is 4.98 Å². The largest absolute Gasteiger partial charge is 0.431 e. The highest BCUT2D eigenvalue weighted by molar-refractivity contribution is 14.1. The van der Waals surface area contributed by atoms with Crippen LogP contribution in [0.25, 0.3) is 0 Å². The van der Waals surface area contributed by atoms with E-state index in [0.717, 1.165) is 17.9 Å². The first-order chi connectivity index (χ1) is 7.28. The van der Waals surface area contributed by atoms with Gasteiger partial charge in [-0.3, -0.25) is 0 Å². The summed E-state index contributed by atoms with van der Waals surface area (Å²) in [6.45, 7) is 2.09. The van der Waals surface area contributed by atoms with E-state index in [0.29, 0.717) is 5.19 Å². The lowest BCUT2D eigenvalue weighted by Crippen LogP contribution is -1.84. The molecule has 0 atom stereocenters. The molecule has 0 unspecified atom stereocenters. The fourth-order valence-electron chi connectivity index (χ4n) is 1.10. The van der Waals surface area contributed by atoms with Gasteiger partial charge in [-0.2, -0.15) is 0 Å². The monoisotopic (exact) mass is 331 g/mol. The molecule has 2 aromatic rings. The fraction of sp³-hybridized carbons (Fsp3) is 0.182. The number of benzene rings is 1. The van der Waals surface area contributed by atoms with E-state index in [-0.39, 0.29) is 0 Å². The van der Waals surface area contributed by atoms with Crippen LogP contribution in [0.4, 0.5) is 0 Å². The van der Waals surface area contributed by atoms with E-state index in [1.807, 2.05) is 29.6 Å². The average Bonchev–Trinajstić information content (AvgIpc) is 2.69. The van der Waals surface area contributed by atoms with Gasteiger partial charge in [0.05, 0.1) is 5.69 Å². The van der Waals surface area contributed by atoms with E-state index in [1.54, 1.807) is 0 Å². The maximum absolute atomic E-state index is 5.62. The van der Waals surface area contributed by atoms with Gasteiger partial charge in [0.1, 0.15) is 5.75 Å². The second kappa shape index (κ2) is 4.94. The first-order valence-electron chi connectivity index (χ1n) is 4.65. The molecule has 78 valence electrons. The fourth-order valence-corrected chi connectivity index (χ4v) is 2.23. The highest BCUT2D eigenvalue weighted by atomic mass is 127. The Bertz CT molecular complexity index is 438. The molecule has 0 radical (unpaired) electrons. The second-order valence-corrected chi connectivity index (χ2v) is 5.08. The minimum atomic E-state index is 0.716. The van der Waals surface area contributed by atoms with Gasteiger partial charge in [0, 0.05) is 8.95 Å². The minimum absolute atomic E-state index is 0.716. The molecule has 0 bridgehead atoms. The Morgan fingerprint density at radius 3 is 2.67 bits per heavy atom. The Morgan fingerprint density at radius 2 is 2.07 bits per heavy atom. The normalized spacial score (nSPS) is 10.3. The van der Waals surface area contributed by atoms with Crippen LogP contribution in [-0.2, 0) is 6.42 Å². The van der Waals surface area contributed by atoms with Crippen LogP contribution in [0, 0.1) is 3.57 Å². The average molecular weight is 331 g/mol. The summed E-state index contributed by atoms with van der Waals surface area (Å²) in [6.07, 6.45) is 0.951. The van der Waals surface area contributed by atoms with Gasteiger partial charge in [0.15, 0.2) is 0 Å². The molecule has 1 aromatic heterocycles. The van der Waals surface area contributed by atoms with Gasteiger partial charge in [-0.1, -0.05) is 18.3 Å². The van der Waals surface area contributed by atoms with Crippen LogP contribution in [0.1, 0.15) is 12.6 Å². The van der Waals surface area contributed by atoms with Crippen molar-refractivity contribution in [3.05, 3.63) is 38.9 Å². The van der Waals surface area contributed by atoms with Gasteiger partial charge < -0.3 is 4.74 Å². The quantitative estimate of drug-likeness (QED) is 0.790. The standard InChI is InChI=1S/C11H10INOS/c1-2-9-7-15-11(13-9)14-10-5-3-8(12)4-6-10/h3-7H,2H2,1H3. The number of hydrogen-bond acceptors (Lipinski definition) is 3. The summed E-state index contributed by atoms with van der Waals surface area (Å²) >= 11 is 3.81. The lowest BCUT2D eigenvalue weighted by atomic mass is 10.3. The molecular formula is C11H10INOS. The van der Waals surface area contributed by atoms with Crippen LogP contribution in [0.15, 0.2) is 29.6 Å². The lowest BCUT2D eigenvalue weighted by molar-refractivity contribution is 0.477. The van der Waals surface area contributed by atoms with Crippen LogP contribution in [0.5, 0.6) is 10.9 Å². The van der Waals surface area contributed by atoms with E-state index in [1.165, 1.54) is 14.9 Å². The topological polar surface area (TPSA) is 22.1 Å². The Hall–Kier alpha value is -0.620. The zero-order valence-corrected chi connectivity index (χ0v) is 11.2. The van der Waals surface area contributed by atoms with Crippen molar-refractivity contribution >= 4 is 33.9 Å². The van der Waals surface area contributed by atoms with Gasteiger partial charge >= 0.3 is 0 Å². The molecule has 1 aromatic carbocycles. The molecule has 0 aliphatic rings. The van der Waals surface area contributed by atoms with Crippen molar-refractivity contribution in [2.45, 2.75) is 13.3 Å². The number of nitrogens with zero attached hydrogens (tertiary/aromatic N) is 1. The van der Waals surface area contributed by atoms with Crippen molar-refractivity contribution in [1.29, 1.82) is 0 Å². The van der Waals surface area contributed by atoms with Crippen LogP contribution in [-0.4, -0.2) is 4.98 Å². The summed E-state index contributed by atoms with van der Waals surface area (Å²) in [5.74, 6) is 0.840. The molecule has 2 rings (SSSR count). The number of thiazole rings is 1. The molecule has 2 nitrogen and oxygen atoms in total. The van der Waals surface area contributed by atoms with Crippen LogP contribution >= 0.6 is 33.9 Å². The van der Waals surface area contributed by atoms with Gasteiger partial charge in [-0.15, -0.1) is 0 Å². The molecule has 1 heterocycles. The molecular weight excluding hydrogens is 321 g/mol. The number of aryl methyl sites for hydroxylation is 1. The summed E-state index contributed by atoms with van der Waals surface area (Å²) in [5, 5.41) is 2.75. The van der Waals surface area contributed by atoms with Gasteiger partial charge in [-0.25, -0.2) is 4.98 Å². The first-order valence-corrected chi connectivity index (χ1v) is 6.61. The maximum atomic E-state index is 5.62. The van der Waals surface area contributed by atoms with E-state index >= 15 is 0 Å². The molecule has 0 saturated carbocycles. The van der Waals surface area contributed by atoms with Crippen molar-refractivity contribution in [2.75, 3.05) is 0 Å². The third kappa shape index (κ3) is 2.92. The Labute approximate surface area is 106 Å². The molecule has 0 aliphatic heterocycles. The summed E-state index contributed by atoms with van der Waals surface area (Å²) in [6, 6.07) is 7.94. The SMILES string of the molecule is CCc1csc(Oc2ccc(I)cc2)n1. The van der Waals surface area contributed by atoms with Crippen molar-refractivity contribution < 1.29 is 4.74 Å². The van der Waals surface area contributed by atoms with Crippen molar-refractivity contribution in [3.63, 3.8) is 0 Å². The molecule has 0 saturated heterocycles. The van der Waals surface area contributed by atoms with E-state index in [9.17, 15) is 0 Å². The third-order valence-electron chi connectivity index (χ3n) is 1.91. The van der Waals surface area contributed by atoms with Crippen LogP contribution < -0.4 is 4.74 Å². The molecule has 0 aliphatic carbocycles. The van der Waals surface area contributed by atoms with Gasteiger partial charge in [0.2, 0.25) is 0 Å². The maximum Gasteiger partial charge on any atom is 0.278 e. The van der Waals surface area contributed by atoms with Crippen molar-refractivity contribution in [3.8, 4) is 10.9 Å². The Balaban J connectivity index is 2.11. The highest BCUT2D eigenvalue weighted by Crippen LogP contribution is 2.25. The zero-order valence-electron chi connectivity index (χ0n) is 8.24. The number of hydrogen-bond donors (Lipinski definition) is 0. The van der Waals surface area contributed by atoms with Gasteiger partial charge in [-0.05, 0) is 53.3 Å². The predicted molar refractivity (Wildman–Crippen MR) is 70.7 cm³/mol. The Morgan fingerprint density at radius 1 is 1.33 bits per heavy atom. The smallest absolute Gasteiger partial charge is 0.278 e. The summed E-state index contributed by atoms with van der Waals surface area (Å²) in [5.41, 5.74) is 1.08. The molecule has 0 spiro atoms. The van der Waals surface area contributed by atoms with E-state index in [4.69, 9.17) is 4.74 Å².